The molecule has 0 fully saturated rings. The second-order valence-electron chi connectivity index (χ2n) is 1.22. The van der Waals surface area contributed by atoms with Crippen LogP contribution in [0.1, 0.15) is 6.92 Å². The third-order valence-corrected chi connectivity index (χ3v) is 0.661. The van der Waals surface area contributed by atoms with Crippen molar-refractivity contribution in [1.29, 1.82) is 0 Å². The van der Waals surface area contributed by atoms with Gasteiger partial charge in [0.25, 0.3) is 0 Å². The summed E-state index contributed by atoms with van der Waals surface area (Å²) in [4.78, 5) is 9.96. The molecule has 6 heteroatoms. The monoisotopic (exact) mass is 184 g/mol. The van der Waals surface area contributed by atoms with Crippen LogP contribution in [0.3, 0.4) is 0 Å². The number of hydrogen-bond donors (Lipinski definition) is 0. The molecule has 0 heterocycles. The predicted octanol–water partition coefficient (Wildman–Crippen LogP) is 0.465. The van der Waals surface area contributed by atoms with Crippen molar-refractivity contribution in [2.24, 2.45) is 0 Å². The summed E-state index contributed by atoms with van der Waals surface area (Å²) in [6, 6.07) is 0. The molecule has 0 aromatic rings. The van der Waals surface area contributed by atoms with E-state index in [2.05, 4.69) is 16.3 Å². The van der Waals surface area contributed by atoms with E-state index in [9.17, 15) is 13.6 Å². The fourth-order valence-electron chi connectivity index (χ4n) is 0.213. The molecule has 0 unspecified atom stereocenters. The van der Waals surface area contributed by atoms with Gasteiger partial charge in [-0.1, -0.05) is 0 Å². The minimum Gasteiger partial charge on any atom is -0.461 e. The zero-order valence-corrected chi connectivity index (χ0v) is 5.41. The minimum absolute atomic E-state index is 0. The van der Waals surface area contributed by atoms with Gasteiger partial charge in [0.1, 0.15) is 0 Å². The van der Waals surface area contributed by atoms with E-state index in [1.165, 1.54) is 6.92 Å². The van der Waals surface area contributed by atoms with E-state index >= 15 is 0 Å². The van der Waals surface area contributed by atoms with Gasteiger partial charge < -0.3 is 4.74 Å². The van der Waals surface area contributed by atoms with Gasteiger partial charge in [0, 0.05) is 0 Å². The number of alkyl halides is 3. The van der Waals surface area contributed by atoms with Crippen LogP contribution in [0.4, 0.5) is 8.78 Å². The van der Waals surface area contributed by atoms with Gasteiger partial charge in [-0.25, -0.2) is 4.79 Å². The Bertz CT molecular complexity index is 114. The average molecular weight is 185 g/mol. The molecule has 0 aliphatic rings. The second kappa shape index (κ2) is 5.09. The largest absolute Gasteiger partial charge is 0.461 e. The van der Waals surface area contributed by atoms with Crippen molar-refractivity contribution >= 4 is 40.6 Å². The lowest BCUT2D eigenvalue weighted by atomic mass is 10.7. The molecular weight excluding hydrogens is 178 g/mol. The van der Waals surface area contributed by atoms with Crippen LogP contribution in [-0.4, -0.2) is 41.0 Å². The van der Waals surface area contributed by atoms with E-state index in [1.54, 1.807) is 0 Å². The Balaban J connectivity index is 0. The van der Waals surface area contributed by atoms with Crippen LogP contribution in [0.25, 0.3) is 0 Å². The molecule has 0 N–H and O–H groups in total. The molecule has 0 aliphatic heterocycles. The maximum absolute atomic E-state index is 11.6. The van der Waals surface area contributed by atoms with Gasteiger partial charge in [-0.2, -0.15) is 8.78 Å². The highest BCUT2D eigenvalue weighted by Crippen LogP contribution is 2.19. The summed E-state index contributed by atoms with van der Waals surface area (Å²) >= 11 is 4.25. The summed E-state index contributed by atoms with van der Waals surface area (Å²) in [6.45, 7) is 1.32. The Morgan fingerprint density at radius 1 is 1.70 bits per heavy atom. The number of hydrogen-bond acceptors (Lipinski definition) is 2. The van der Waals surface area contributed by atoms with Crippen LogP contribution in [0.15, 0.2) is 0 Å². The van der Waals surface area contributed by atoms with Crippen LogP contribution in [-0.2, 0) is 9.53 Å². The summed E-state index contributed by atoms with van der Waals surface area (Å²) < 4.78 is 27.1. The molecule has 0 amide bonds. The van der Waals surface area contributed by atoms with Crippen molar-refractivity contribution in [1.82, 2.24) is 0 Å². The SMILES string of the molecule is CCOC(=O)C(F)(F)Cl.[MgH2]. The lowest BCUT2D eigenvalue weighted by Crippen LogP contribution is -2.23. The number of carbonyl (C=O) groups is 1. The molecule has 0 spiro atoms. The minimum atomic E-state index is -3.88. The topological polar surface area (TPSA) is 26.3 Å². The Labute approximate surface area is 78.0 Å². The van der Waals surface area contributed by atoms with Crippen LogP contribution in [0, 0.1) is 0 Å². The molecule has 0 aliphatic carbocycles. The average Bonchev–Trinajstić information content (AvgIpc) is 1.64. The molecule has 0 aromatic heterocycles. The van der Waals surface area contributed by atoms with Gasteiger partial charge in [0.2, 0.25) is 0 Å². The second-order valence-corrected chi connectivity index (χ2v) is 1.69. The summed E-state index contributed by atoms with van der Waals surface area (Å²) in [7, 11) is 0. The smallest absolute Gasteiger partial charge is 0.417 e. The standard InChI is InChI=1S/C4H5ClF2O2.Mg.2H/c1-2-9-3(8)4(5,6)7;;;/h2H2,1H3;;;. The van der Waals surface area contributed by atoms with Crippen molar-refractivity contribution in [3.8, 4) is 0 Å². The van der Waals surface area contributed by atoms with Crippen LogP contribution in [0.5, 0.6) is 0 Å². The Morgan fingerprint density at radius 3 is 2.20 bits per heavy atom. The Kier molecular flexibility index (Phi) is 6.62. The number of halogens is 3. The summed E-state index contributed by atoms with van der Waals surface area (Å²) in [5.74, 6) is -1.70. The molecule has 58 valence electrons. The quantitative estimate of drug-likeness (QED) is 0.355. The molecule has 0 saturated heterocycles. The van der Waals surface area contributed by atoms with Crippen LogP contribution >= 0.6 is 11.6 Å². The number of ether oxygens (including phenoxy) is 1. The molecule has 0 bridgehead atoms. The molecule has 0 atom stereocenters. The molecule has 10 heavy (non-hydrogen) atoms. The molecule has 2 nitrogen and oxygen atoms in total. The van der Waals surface area contributed by atoms with E-state index in [4.69, 9.17) is 0 Å². The number of carbonyl (C=O) groups excluding carboxylic acids is 1. The highest BCUT2D eigenvalue weighted by atomic mass is 35.5. The molecular formula is C4H7ClF2MgO2. The lowest BCUT2D eigenvalue weighted by molar-refractivity contribution is -0.160. The van der Waals surface area contributed by atoms with Crippen molar-refractivity contribution in [2.45, 2.75) is 12.3 Å². The van der Waals surface area contributed by atoms with E-state index in [0.717, 1.165) is 0 Å². The number of rotatable bonds is 2. The van der Waals surface area contributed by atoms with Crippen LogP contribution < -0.4 is 0 Å². The van der Waals surface area contributed by atoms with Gasteiger partial charge in [-0.05, 0) is 18.5 Å². The van der Waals surface area contributed by atoms with Gasteiger partial charge in [0.05, 0.1) is 6.61 Å². The first-order valence-corrected chi connectivity index (χ1v) is 2.60. The fraction of sp³-hybridized carbons (Fsp3) is 0.750. The predicted molar refractivity (Wildman–Crippen MR) is 36.0 cm³/mol. The van der Waals surface area contributed by atoms with Crippen molar-refractivity contribution in [3.63, 3.8) is 0 Å². The maximum Gasteiger partial charge on any atom is 0.417 e. The van der Waals surface area contributed by atoms with Crippen molar-refractivity contribution in [3.05, 3.63) is 0 Å². The van der Waals surface area contributed by atoms with E-state index in [0.29, 0.717) is 0 Å². The summed E-state index contributed by atoms with van der Waals surface area (Å²) in [5, 5.41) is -3.88. The summed E-state index contributed by atoms with van der Waals surface area (Å²) in [5.41, 5.74) is 0. The molecule has 0 radical (unpaired) electrons. The Hall–Kier alpha value is 0.386. The lowest BCUT2D eigenvalue weighted by Gasteiger charge is -2.04. The van der Waals surface area contributed by atoms with Gasteiger partial charge >= 0.3 is 34.4 Å². The van der Waals surface area contributed by atoms with Crippen LogP contribution in [0.2, 0.25) is 0 Å². The highest BCUT2D eigenvalue weighted by molar-refractivity contribution is 6.31. The zero-order chi connectivity index (χ0) is 7.49. The van der Waals surface area contributed by atoms with E-state index in [-0.39, 0.29) is 29.7 Å². The zero-order valence-electron chi connectivity index (χ0n) is 4.66. The van der Waals surface area contributed by atoms with Crippen molar-refractivity contribution < 1.29 is 18.3 Å². The van der Waals surface area contributed by atoms with E-state index in [1.807, 2.05) is 0 Å². The summed E-state index contributed by atoms with van der Waals surface area (Å²) in [6.07, 6.45) is 0. The number of esters is 1. The van der Waals surface area contributed by atoms with Gasteiger partial charge in [-0.15, -0.1) is 0 Å². The first-order valence-electron chi connectivity index (χ1n) is 2.22. The first kappa shape index (κ1) is 13.0. The molecule has 0 rings (SSSR count). The highest BCUT2D eigenvalue weighted by Gasteiger charge is 2.37. The maximum atomic E-state index is 11.6. The fourth-order valence-corrected chi connectivity index (χ4v) is 0.267. The normalized spacial score (nSPS) is 10.0. The van der Waals surface area contributed by atoms with Gasteiger partial charge in [-0.3, -0.25) is 0 Å². The van der Waals surface area contributed by atoms with E-state index < -0.39 is 11.4 Å². The molecule has 0 aromatic carbocycles. The first-order chi connectivity index (χ1) is 3.98. The van der Waals surface area contributed by atoms with Gasteiger partial charge in [0.15, 0.2) is 0 Å². The third kappa shape index (κ3) is 5.19. The third-order valence-electron chi connectivity index (χ3n) is 0.507. The molecule has 0 saturated carbocycles. The Morgan fingerprint density at radius 2 is 2.10 bits per heavy atom. The van der Waals surface area contributed by atoms with Crippen molar-refractivity contribution in [2.75, 3.05) is 6.61 Å².